The Hall–Kier alpha value is -6.12. The summed E-state index contributed by atoms with van der Waals surface area (Å²) in [4.78, 5) is 25.6. The molecule has 318 valence electrons. The van der Waals surface area contributed by atoms with Crippen LogP contribution in [0.25, 0.3) is 21.5 Å². The van der Waals surface area contributed by atoms with Crippen molar-refractivity contribution >= 4 is 60.4 Å². The molecule has 0 radical (unpaired) electrons. The number of hydrogen-bond acceptors (Lipinski definition) is 2. The van der Waals surface area contributed by atoms with Crippen molar-refractivity contribution < 1.29 is 69.1 Å². The zero-order valence-corrected chi connectivity index (χ0v) is 32.4. The van der Waals surface area contributed by atoms with E-state index >= 15 is 0 Å². The van der Waals surface area contributed by atoms with Gasteiger partial charge in [0.25, 0.3) is 11.8 Å². The summed E-state index contributed by atoms with van der Waals surface area (Å²) in [5, 5.41) is 10.8. The number of hydrogen-bond donors (Lipinski definition) is 2. The molecule has 0 unspecified atom stereocenters. The van der Waals surface area contributed by atoms with Crippen molar-refractivity contribution in [2.45, 2.75) is 13.1 Å². The second kappa shape index (κ2) is 15.5. The quantitative estimate of drug-likeness (QED) is 0.0691. The van der Waals surface area contributed by atoms with Crippen LogP contribution in [0.1, 0.15) is 31.8 Å². The summed E-state index contributed by atoms with van der Waals surface area (Å²) >= 11 is 0. The van der Waals surface area contributed by atoms with Gasteiger partial charge in [0.05, 0.1) is 0 Å². The van der Waals surface area contributed by atoms with Crippen LogP contribution in [0.3, 0.4) is 0 Å². The van der Waals surface area contributed by atoms with Gasteiger partial charge in [0.2, 0.25) is 0 Å². The van der Waals surface area contributed by atoms with Gasteiger partial charge in [-0.25, -0.2) is 0 Å². The van der Waals surface area contributed by atoms with Gasteiger partial charge >= 0.3 is 66.0 Å². The average Bonchev–Trinajstić information content (AvgIpc) is 3.14. The summed E-state index contributed by atoms with van der Waals surface area (Å²) in [6.07, 6.45) is 8.01. The van der Waals surface area contributed by atoms with Crippen LogP contribution in [0, 0.1) is 0 Å². The van der Waals surface area contributed by atoms with E-state index in [4.69, 9.17) is 0 Å². The molecule has 2 aromatic heterocycles. The van der Waals surface area contributed by atoms with E-state index in [1.165, 1.54) is 32.7 Å². The SMILES string of the molecule is F[P-](F)(F)(F)(F)F.F[P-](F)(F)(F)(F)F.O=C(Nc1ccc[n+](Cc2c3ccccc3c(C[n+]3cccc(NC(=O)c4ccccc4)c3)c3ccccc23)c1)c1ccccc1. The minimum Gasteiger partial charge on any atom is -0.317 e. The van der Waals surface area contributed by atoms with E-state index < -0.39 is 15.6 Å². The molecule has 0 atom stereocenters. The van der Waals surface area contributed by atoms with Crippen LogP contribution in [0.5, 0.6) is 0 Å². The first-order chi connectivity index (χ1) is 27.5. The average molecular weight is 891 g/mol. The number of rotatable bonds is 8. The maximum atomic E-state index is 12.8. The van der Waals surface area contributed by atoms with Gasteiger partial charge in [0, 0.05) is 34.4 Å². The van der Waals surface area contributed by atoms with Crippen molar-refractivity contribution in [2.24, 2.45) is 0 Å². The number of aromatic nitrogens is 2. The first kappa shape index (κ1) is 45.0. The number of anilines is 2. The zero-order chi connectivity index (χ0) is 44.1. The molecule has 0 spiro atoms. The molecule has 2 amide bonds. The Kier molecular flexibility index (Phi) is 11.6. The minimum absolute atomic E-state index is 0.139. The fourth-order valence-corrected chi connectivity index (χ4v) is 5.99. The number of benzene rings is 5. The molecule has 0 aliphatic heterocycles. The van der Waals surface area contributed by atoms with Crippen LogP contribution >= 0.6 is 15.6 Å². The molecule has 0 saturated heterocycles. The van der Waals surface area contributed by atoms with Gasteiger partial charge in [-0.05, 0) is 57.9 Å². The fraction of sp³-hybridized carbons (Fsp3) is 0.0500. The van der Waals surface area contributed by atoms with Crippen molar-refractivity contribution in [1.29, 1.82) is 0 Å². The third-order valence-corrected chi connectivity index (χ3v) is 8.14. The Morgan fingerprint density at radius 3 is 0.950 bits per heavy atom. The van der Waals surface area contributed by atoms with Crippen LogP contribution in [0.15, 0.2) is 158 Å². The molecule has 0 aliphatic rings. The van der Waals surface area contributed by atoms with Crippen molar-refractivity contribution in [3.63, 3.8) is 0 Å². The van der Waals surface area contributed by atoms with E-state index in [0.717, 1.165) is 11.4 Å². The zero-order valence-electron chi connectivity index (χ0n) is 30.6. The van der Waals surface area contributed by atoms with Gasteiger partial charge in [-0.3, -0.25) is 9.59 Å². The van der Waals surface area contributed by atoms with E-state index in [9.17, 15) is 60.0 Å². The second-order valence-corrected chi connectivity index (χ2v) is 17.0. The van der Waals surface area contributed by atoms with E-state index in [1.54, 1.807) is 0 Å². The molecule has 20 heteroatoms. The van der Waals surface area contributed by atoms with Gasteiger partial charge < -0.3 is 10.6 Å². The second-order valence-electron chi connectivity index (χ2n) is 13.1. The smallest absolute Gasteiger partial charge is 0.255 e. The van der Waals surface area contributed by atoms with Crippen LogP contribution in [-0.2, 0) is 13.1 Å². The number of carbonyl (C=O) groups is 2. The molecular formula is C40H32F12N4O2P2. The molecule has 0 bridgehead atoms. The van der Waals surface area contributed by atoms with Crippen LogP contribution in [0.4, 0.5) is 61.7 Å². The number of halogens is 12. The number of fused-ring (bicyclic) bond motifs is 2. The topological polar surface area (TPSA) is 66.0 Å². The van der Waals surface area contributed by atoms with Crippen molar-refractivity contribution in [3.05, 3.63) is 181 Å². The molecule has 0 aliphatic carbocycles. The van der Waals surface area contributed by atoms with Crippen molar-refractivity contribution in [1.82, 2.24) is 0 Å². The summed E-state index contributed by atoms with van der Waals surface area (Å²) in [6.45, 7) is 1.26. The molecule has 5 aromatic carbocycles. The summed E-state index contributed by atoms with van der Waals surface area (Å²) in [5.74, 6) is -0.278. The monoisotopic (exact) mass is 890 g/mol. The minimum atomic E-state index is -10.7. The Morgan fingerprint density at radius 2 is 0.667 bits per heavy atom. The summed E-state index contributed by atoms with van der Waals surface area (Å²) in [5.41, 5.74) is 5.12. The summed E-state index contributed by atoms with van der Waals surface area (Å²) in [6, 6.07) is 43.3. The first-order valence-electron chi connectivity index (χ1n) is 17.3. The largest absolute Gasteiger partial charge is 0.317 e. The Bertz CT molecular complexity index is 2420. The van der Waals surface area contributed by atoms with E-state index in [2.05, 4.69) is 68.3 Å². The molecule has 2 heterocycles. The van der Waals surface area contributed by atoms with E-state index in [-0.39, 0.29) is 11.8 Å². The molecule has 0 saturated carbocycles. The number of carbonyl (C=O) groups excluding carboxylic acids is 2. The Labute approximate surface area is 333 Å². The fourth-order valence-electron chi connectivity index (χ4n) is 5.99. The predicted octanol–water partition coefficient (Wildman–Crippen LogP) is 13.9. The third-order valence-electron chi connectivity index (χ3n) is 8.14. The summed E-state index contributed by atoms with van der Waals surface area (Å²) in [7, 11) is -21.3. The third kappa shape index (κ3) is 15.9. The normalized spacial score (nSPS) is 13.8. The van der Waals surface area contributed by atoms with Gasteiger partial charge in [0.1, 0.15) is 11.4 Å². The van der Waals surface area contributed by atoms with Gasteiger partial charge in [-0.15, -0.1) is 0 Å². The summed E-state index contributed by atoms with van der Waals surface area (Å²) < 4.78 is 123. The molecule has 2 N–H and O–H groups in total. The number of pyridine rings is 2. The van der Waals surface area contributed by atoms with E-state index in [0.29, 0.717) is 24.2 Å². The van der Waals surface area contributed by atoms with Gasteiger partial charge in [-0.2, -0.15) is 9.13 Å². The van der Waals surface area contributed by atoms with Crippen LogP contribution in [0.2, 0.25) is 0 Å². The van der Waals surface area contributed by atoms with Crippen LogP contribution in [-0.4, -0.2) is 11.8 Å². The number of amides is 2. The number of nitrogens with one attached hydrogen (secondary N) is 2. The van der Waals surface area contributed by atoms with Gasteiger partial charge in [0.15, 0.2) is 37.9 Å². The predicted molar refractivity (Wildman–Crippen MR) is 209 cm³/mol. The maximum Gasteiger partial charge on any atom is 0.255 e. The van der Waals surface area contributed by atoms with Gasteiger partial charge in [-0.1, -0.05) is 84.9 Å². The Morgan fingerprint density at radius 1 is 0.400 bits per heavy atom. The molecule has 7 rings (SSSR count). The van der Waals surface area contributed by atoms with Crippen molar-refractivity contribution in [2.75, 3.05) is 10.6 Å². The first-order valence-corrected chi connectivity index (χ1v) is 21.3. The molecular weight excluding hydrogens is 858 g/mol. The number of nitrogens with zero attached hydrogens (tertiary/aromatic N) is 2. The van der Waals surface area contributed by atoms with Crippen LogP contribution < -0.4 is 19.8 Å². The maximum absolute atomic E-state index is 12.8. The Balaban J connectivity index is 0.000000420. The standard InChI is InChI=1S/C40H30N4O2.2F6P/c45-39(29-13-3-1-4-14-29)41-31-17-11-23-43(25-31)27-37-33-19-7-9-21-35(33)38(36-22-10-8-20-34(36)37)28-44-24-12-18-32(26-44)42-40(46)30-15-5-2-6-16-30;2*1-7(2,3,4,5)6/h1-26H,27-28H2;;/q;2*-1/p+2. The van der Waals surface area contributed by atoms with E-state index in [1.807, 2.05) is 110 Å². The molecule has 0 fully saturated rings. The molecule has 7 aromatic rings. The molecule has 60 heavy (non-hydrogen) atoms. The molecule has 6 nitrogen and oxygen atoms in total. The van der Waals surface area contributed by atoms with Crippen molar-refractivity contribution in [3.8, 4) is 0 Å².